The number of carbonyl (C=O) groups excluding carboxylic acids is 2. The van der Waals surface area contributed by atoms with Gasteiger partial charge in [-0.05, 0) is 42.0 Å². The fourth-order valence-corrected chi connectivity index (χ4v) is 2.71. The van der Waals surface area contributed by atoms with Crippen molar-refractivity contribution >= 4 is 23.6 Å². The highest BCUT2D eigenvalue weighted by atomic mass is 19.4. The van der Waals surface area contributed by atoms with Crippen LogP contribution < -0.4 is 14.8 Å². The highest BCUT2D eigenvalue weighted by Crippen LogP contribution is 2.32. The van der Waals surface area contributed by atoms with Gasteiger partial charge >= 0.3 is 12.1 Å². The number of hydrogen-bond acceptors (Lipinski definition) is 5. The maximum Gasteiger partial charge on any atom is 0.416 e. The van der Waals surface area contributed by atoms with Gasteiger partial charge < -0.3 is 19.5 Å². The average molecular weight is 437 g/mol. The van der Waals surface area contributed by atoms with E-state index in [9.17, 15) is 22.8 Å². The topological polar surface area (TPSA) is 73.9 Å². The Hall–Kier alpha value is -3.49. The molecule has 2 rings (SSSR count). The molecule has 166 valence electrons. The van der Waals surface area contributed by atoms with Crippen LogP contribution in [-0.4, -0.2) is 33.2 Å². The Morgan fingerprint density at radius 3 is 2.35 bits per heavy atom. The molecule has 1 N–H and O–H groups in total. The van der Waals surface area contributed by atoms with Gasteiger partial charge in [-0.15, -0.1) is 0 Å². The van der Waals surface area contributed by atoms with Crippen molar-refractivity contribution in [1.82, 2.24) is 5.32 Å². The number of amides is 1. The molecule has 0 aliphatic carbocycles. The van der Waals surface area contributed by atoms with Gasteiger partial charge in [0.25, 0.3) is 0 Å². The second-order valence-corrected chi connectivity index (χ2v) is 6.37. The van der Waals surface area contributed by atoms with Gasteiger partial charge in [-0.2, -0.15) is 13.2 Å². The maximum atomic E-state index is 13.1. The summed E-state index contributed by atoms with van der Waals surface area (Å²) >= 11 is 0. The van der Waals surface area contributed by atoms with Crippen molar-refractivity contribution in [3.63, 3.8) is 0 Å². The second kappa shape index (κ2) is 10.5. The minimum absolute atomic E-state index is 0.144. The Morgan fingerprint density at radius 2 is 1.74 bits per heavy atom. The van der Waals surface area contributed by atoms with Crippen molar-refractivity contribution in [2.75, 3.05) is 21.3 Å². The number of hydrogen-bond donors (Lipinski definition) is 1. The first-order chi connectivity index (χ1) is 14.7. The molecule has 0 fully saturated rings. The molecule has 2 aromatic carbocycles. The van der Waals surface area contributed by atoms with E-state index in [4.69, 9.17) is 9.47 Å². The number of ether oxygens (including phenoxy) is 3. The molecule has 0 radical (unpaired) electrons. The smallest absolute Gasteiger partial charge is 0.416 e. The van der Waals surface area contributed by atoms with Crippen LogP contribution in [0.4, 0.5) is 13.2 Å². The number of nitrogens with one attached hydrogen (secondary N) is 1. The van der Waals surface area contributed by atoms with Gasteiger partial charge in [0.1, 0.15) is 11.5 Å². The summed E-state index contributed by atoms with van der Waals surface area (Å²) in [5.41, 5.74) is -0.0335. The van der Waals surface area contributed by atoms with Gasteiger partial charge in [-0.25, -0.2) is 0 Å². The zero-order chi connectivity index (χ0) is 23.0. The summed E-state index contributed by atoms with van der Waals surface area (Å²) in [6.07, 6.45) is -3.43. The van der Waals surface area contributed by atoms with Gasteiger partial charge in [0.15, 0.2) is 0 Å². The molecule has 0 saturated carbocycles. The molecule has 0 bridgehead atoms. The lowest BCUT2D eigenvalue weighted by Crippen LogP contribution is -2.23. The number of methoxy groups -OCH3 is 3. The third kappa shape index (κ3) is 6.77. The molecular weight excluding hydrogens is 415 g/mol. The summed E-state index contributed by atoms with van der Waals surface area (Å²) in [5, 5.41) is 2.64. The summed E-state index contributed by atoms with van der Waals surface area (Å²) < 4.78 is 54.4. The summed E-state index contributed by atoms with van der Waals surface area (Å²) in [5.74, 6) is -0.257. The number of rotatable bonds is 8. The molecule has 0 aliphatic heterocycles. The van der Waals surface area contributed by atoms with Crippen LogP contribution in [0.5, 0.6) is 11.5 Å². The Morgan fingerprint density at radius 1 is 1.00 bits per heavy atom. The summed E-state index contributed by atoms with van der Waals surface area (Å²) in [6, 6.07) is 9.50. The maximum absolute atomic E-state index is 13.1. The molecule has 1 amide bonds. The predicted molar refractivity (Wildman–Crippen MR) is 108 cm³/mol. The lowest BCUT2D eigenvalue weighted by Gasteiger charge is -2.16. The average Bonchev–Trinajstić information content (AvgIpc) is 2.76. The SMILES string of the molecule is COC(=O)CCC(=O)N/C(=C/c1cccc(C(F)(F)F)c1)c1cc(OC)ccc1OC. The van der Waals surface area contributed by atoms with Crippen LogP contribution in [-0.2, 0) is 20.5 Å². The Kier molecular flexibility index (Phi) is 8.07. The summed E-state index contributed by atoms with van der Waals surface area (Å²) in [4.78, 5) is 23.7. The van der Waals surface area contributed by atoms with E-state index >= 15 is 0 Å². The lowest BCUT2D eigenvalue weighted by molar-refractivity contribution is -0.142. The minimum Gasteiger partial charge on any atom is -0.497 e. The Balaban J connectivity index is 2.50. The molecule has 0 heterocycles. The van der Waals surface area contributed by atoms with E-state index in [1.807, 2.05) is 0 Å². The van der Waals surface area contributed by atoms with Crippen LogP contribution in [0.25, 0.3) is 11.8 Å². The molecule has 9 heteroatoms. The van der Waals surface area contributed by atoms with Gasteiger partial charge in [0, 0.05) is 12.0 Å². The number of alkyl halides is 3. The number of benzene rings is 2. The highest BCUT2D eigenvalue weighted by molar-refractivity contribution is 5.94. The van der Waals surface area contributed by atoms with Crippen LogP contribution in [0.3, 0.4) is 0 Å². The zero-order valence-corrected chi connectivity index (χ0v) is 17.2. The lowest BCUT2D eigenvalue weighted by atomic mass is 10.0. The molecule has 0 aromatic heterocycles. The van der Waals surface area contributed by atoms with Crippen LogP contribution in [0.15, 0.2) is 42.5 Å². The Bertz CT molecular complexity index is 970. The first-order valence-corrected chi connectivity index (χ1v) is 9.16. The van der Waals surface area contributed by atoms with Crippen LogP contribution in [0.2, 0.25) is 0 Å². The van der Waals surface area contributed by atoms with E-state index in [0.717, 1.165) is 12.1 Å². The molecule has 2 aromatic rings. The van der Waals surface area contributed by atoms with Crippen molar-refractivity contribution in [2.24, 2.45) is 0 Å². The van der Waals surface area contributed by atoms with E-state index in [-0.39, 0.29) is 24.1 Å². The second-order valence-electron chi connectivity index (χ2n) is 6.37. The first-order valence-electron chi connectivity index (χ1n) is 9.16. The van der Waals surface area contributed by atoms with Crippen molar-refractivity contribution in [1.29, 1.82) is 0 Å². The number of halogens is 3. The largest absolute Gasteiger partial charge is 0.497 e. The van der Waals surface area contributed by atoms with Gasteiger partial charge in [-0.1, -0.05) is 12.1 Å². The zero-order valence-electron chi connectivity index (χ0n) is 17.2. The standard InChI is InChI=1S/C22H22F3NO5/c1-29-16-7-8-19(30-2)17(13-16)18(26-20(27)9-10-21(28)31-3)12-14-5-4-6-15(11-14)22(23,24)25/h4-8,11-13H,9-10H2,1-3H3,(H,26,27)/b18-12+. The van der Waals surface area contributed by atoms with Gasteiger partial charge in [-0.3, -0.25) is 9.59 Å². The monoisotopic (exact) mass is 437 g/mol. The quantitative estimate of drug-likeness (QED) is 0.493. The Labute approximate surface area is 177 Å². The van der Waals surface area contributed by atoms with Crippen molar-refractivity contribution in [3.8, 4) is 11.5 Å². The summed E-state index contributed by atoms with van der Waals surface area (Å²) in [6.45, 7) is 0. The third-order valence-corrected chi connectivity index (χ3v) is 4.28. The first kappa shape index (κ1) is 23.8. The van der Waals surface area contributed by atoms with E-state index in [1.165, 1.54) is 39.5 Å². The van der Waals surface area contributed by atoms with Crippen molar-refractivity contribution < 1.29 is 37.0 Å². The highest BCUT2D eigenvalue weighted by Gasteiger charge is 2.30. The molecule has 0 unspecified atom stereocenters. The van der Waals surface area contributed by atoms with Crippen molar-refractivity contribution in [3.05, 3.63) is 59.2 Å². The van der Waals surface area contributed by atoms with Crippen LogP contribution in [0.1, 0.15) is 29.5 Å². The van der Waals surface area contributed by atoms with Gasteiger partial charge in [0.2, 0.25) is 5.91 Å². The fourth-order valence-electron chi connectivity index (χ4n) is 2.71. The molecule has 6 nitrogen and oxygen atoms in total. The molecule has 0 saturated heterocycles. The molecule has 0 spiro atoms. The minimum atomic E-state index is -4.51. The molecule has 31 heavy (non-hydrogen) atoms. The molecule has 0 atom stereocenters. The predicted octanol–water partition coefficient (Wildman–Crippen LogP) is 4.29. The normalized spacial score (nSPS) is 11.6. The molecule has 0 aliphatic rings. The van der Waals surface area contributed by atoms with E-state index in [2.05, 4.69) is 10.1 Å². The van der Waals surface area contributed by atoms with E-state index < -0.39 is 23.6 Å². The number of carbonyl (C=O) groups is 2. The third-order valence-electron chi connectivity index (χ3n) is 4.28. The summed E-state index contributed by atoms with van der Waals surface area (Å²) in [7, 11) is 4.09. The number of esters is 1. The van der Waals surface area contributed by atoms with E-state index in [0.29, 0.717) is 17.1 Å². The van der Waals surface area contributed by atoms with Crippen LogP contribution in [0, 0.1) is 0 Å². The van der Waals surface area contributed by atoms with Gasteiger partial charge in [0.05, 0.1) is 39.0 Å². The van der Waals surface area contributed by atoms with E-state index in [1.54, 1.807) is 18.2 Å². The molecular formula is C22H22F3NO5. The van der Waals surface area contributed by atoms with Crippen LogP contribution >= 0.6 is 0 Å². The van der Waals surface area contributed by atoms with Crippen molar-refractivity contribution in [2.45, 2.75) is 19.0 Å². The fraction of sp³-hybridized carbons (Fsp3) is 0.273.